The molecular formula is C15H17F4NO2. The van der Waals surface area contributed by atoms with E-state index in [4.69, 9.17) is 0 Å². The van der Waals surface area contributed by atoms with Gasteiger partial charge in [0.2, 0.25) is 5.91 Å². The summed E-state index contributed by atoms with van der Waals surface area (Å²) in [6.45, 7) is -0.304. The number of carbonyl (C=O) groups is 1. The molecule has 0 saturated heterocycles. The van der Waals surface area contributed by atoms with E-state index in [0.29, 0.717) is 31.4 Å². The van der Waals surface area contributed by atoms with Gasteiger partial charge in [0.1, 0.15) is 5.82 Å². The average molecular weight is 319 g/mol. The zero-order valence-corrected chi connectivity index (χ0v) is 11.8. The molecule has 2 N–H and O–H groups in total. The van der Waals surface area contributed by atoms with Crippen molar-refractivity contribution in [3.05, 3.63) is 35.1 Å². The van der Waals surface area contributed by atoms with Crippen LogP contribution >= 0.6 is 0 Å². The fourth-order valence-corrected chi connectivity index (χ4v) is 2.62. The third kappa shape index (κ3) is 4.19. The van der Waals surface area contributed by atoms with Crippen LogP contribution in [0.25, 0.3) is 0 Å². The lowest BCUT2D eigenvalue weighted by atomic mass is 9.86. The fraction of sp³-hybridized carbons (Fsp3) is 0.533. The molecule has 0 spiro atoms. The van der Waals surface area contributed by atoms with Crippen LogP contribution < -0.4 is 5.32 Å². The van der Waals surface area contributed by atoms with Gasteiger partial charge in [0.25, 0.3) is 0 Å². The molecule has 2 rings (SSSR count). The molecule has 0 aromatic heterocycles. The smallest absolute Gasteiger partial charge is 0.393 e. The van der Waals surface area contributed by atoms with Crippen molar-refractivity contribution in [3.63, 3.8) is 0 Å². The number of rotatable bonds is 3. The van der Waals surface area contributed by atoms with Gasteiger partial charge in [-0.15, -0.1) is 0 Å². The highest BCUT2D eigenvalue weighted by Gasteiger charge is 2.31. The van der Waals surface area contributed by atoms with E-state index in [1.54, 1.807) is 0 Å². The Morgan fingerprint density at radius 2 is 2.05 bits per heavy atom. The summed E-state index contributed by atoms with van der Waals surface area (Å²) >= 11 is 0. The van der Waals surface area contributed by atoms with Crippen LogP contribution in [-0.2, 0) is 17.5 Å². The second-order valence-electron chi connectivity index (χ2n) is 5.54. The molecule has 0 heterocycles. The molecule has 1 aliphatic carbocycles. The first-order chi connectivity index (χ1) is 10.3. The van der Waals surface area contributed by atoms with Gasteiger partial charge in [-0.2, -0.15) is 13.2 Å². The van der Waals surface area contributed by atoms with E-state index < -0.39 is 23.7 Å². The van der Waals surface area contributed by atoms with Gasteiger partial charge in [0.05, 0.1) is 11.7 Å². The van der Waals surface area contributed by atoms with Crippen LogP contribution in [0.3, 0.4) is 0 Å². The Kier molecular flexibility index (Phi) is 5.05. The minimum atomic E-state index is -4.56. The molecule has 22 heavy (non-hydrogen) atoms. The molecule has 1 aliphatic rings. The first-order valence-corrected chi connectivity index (χ1v) is 7.09. The summed E-state index contributed by atoms with van der Waals surface area (Å²) in [6, 6.07) is 2.11. The third-order valence-corrected chi connectivity index (χ3v) is 3.84. The van der Waals surface area contributed by atoms with Gasteiger partial charge in [-0.1, -0.05) is 6.42 Å². The Morgan fingerprint density at radius 1 is 1.32 bits per heavy atom. The van der Waals surface area contributed by atoms with Crippen LogP contribution in [0.1, 0.15) is 36.8 Å². The van der Waals surface area contributed by atoms with Crippen LogP contribution in [0.15, 0.2) is 18.2 Å². The van der Waals surface area contributed by atoms with Gasteiger partial charge in [0, 0.05) is 18.0 Å². The second kappa shape index (κ2) is 6.64. The lowest BCUT2D eigenvalue weighted by Crippen LogP contribution is -2.35. The van der Waals surface area contributed by atoms with Crippen molar-refractivity contribution < 1.29 is 27.5 Å². The van der Waals surface area contributed by atoms with Gasteiger partial charge in [-0.05, 0) is 37.5 Å². The fourth-order valence-electron chi connectivity index (χ4n) is 2.62. The molecule has 1 amide bonds. The topological polar surface area (TPSA) is 49.3 Å². The Balaban J connectivity index is 2.00. The highest BCUT2D eigenvalue weighted by Crippen LogP contribution is 2.30. The molecule has 0 radical (unpaired) electrons. The summed E-state index contributed by atoms with van der Waals surface area (Å²) < 4.78 is 51.3. The average Bonchev–Trinajstić information content (AvgIpc) is 2.44. The number of benzene rings is 1. The SMILES string of the molecule is O=C(NCc1cc(C(F)(F)F)ccc1F)[C@H]1CCC[C@H](O)C1. The van der Waals surface area contributed by atoms with Crippen LogP contribution in [0.5, 0.6) is 0 Å². The number of nitrogens with one attached hydrogen (secondary N) is 1. The maximum Gasteiger partial charge on any atom is 0.416 e. The summed E-state index contributed by atoms with van der Waals surface area (Å²) in [5.74, 6) is -1.54. The monoisotopic (exact) mass is 319 g/mol. The predicted octanol–water partition coefficient (Wildman–Crippen LogP) is 3.01. The highest BCUT2D eigenvalue weighted by molar-refractivity contribution is 5.78. The zero-order chi connectivity index (χ0) is 16.3. The standard InChI is InChI=1S/C15H17F4NO2/c16-13-5-4-11(15(17,18)19)6-10(13)8-20-14(22)9-2-1-3-12(21)7-9/h4-6,9,12,21H,1-3,7-8H2,(H,20,22)/t9-,12-/m0/s1. The van der Waals surface area contributed by atoms with E-state index in [-0.39, 0.29) is 23.9 Å². The van der Waals surface area contributed by atoms with Crippen molar-refractivity contribution in [1.29, 1.82) is 0 Å². The lowest BCUT2D eigenvalue weighted by Gasteiger charge is -2.25. The molecule has 122 valence electrons. The zero-order valence-electron chi connectivity index (χ0n) is 11.8. The van der Waals surface area contributed by atoms with Gasteiger partial charge < -0.3 is 10.4 Å². The molecule has 0 aliphatic heterocycles. The van der Waals surface area contributed by atoms with E-state index >= 15 is 0 Å². The summed E-state index contributed by atoms with van der Waals surface area (Å²) in [4.78, 5) is 11.9. The molecule has 0 unspecified atom stereocenters. The maximum absolute atomic E-state index is 13.6. The number of aliphatic hydroxyl groups excluding tert-OH is 1. The largest absolute Gasteiger partial charge is 0.416 e. The molecule has 1 aromatic rings. The summed E-state index contributed by atoms with van der Waals surface area (Å²) in [5, 5.41) is 12.0. The quantitative estimate of drug-likeness (QED) is 0.842. The van der Waals surface area contributed by atoms with Crippen LogP contribution in [0.4, 0.5) is 17.6 Å². The maximum atomic E-state index is 13.6. The number of hydrogen-bond acceptors (Lipinski definition) is 2. The van der Waals surface area contributed by atoms with Crippen molar-refractivity contribution in [2.75, 3.05) is 0 Å². The Labute approximate surface area is 125 Å². The molecule has 1 aromatic carbocycles. The molecular weight excluding hydrogens is 302 g/mol. The van der Waals surface area contributed by atoms with E-state index in [1.807, 2.05) is 0 Å². The van der Waals surface area contributed by atoms with E-state index in [2.05, 4.69) is 5.32 Å². The molecule has 0 bridgehead atoms. The van der Waals surface area contributed by atoms with Gasteiger partial charge in [0.15, 0.2) is 0 Å². The first-order valence-electron chi connectivity index (χ1n) is 7.09. The molecule has 1 saturated carbocycles. The summed E-state index contributed by atoms with van der Waals surface area (Å²) in [5.41, 5.74) is -1.16. The molecule has 3 nitrogen and oxygen atoms in total. The van der Waals surface area contributed by atoms with Crippen LogP contribution in [0, 0.1) is 11.7 Å². The van der Waals surface area contributed by atoms with Gasteiger partial charge in [-0.25, -0.2) is 4.39 Å². The Morgan fingerprint density at radius 3 is 2.68 bits per heavy atom. The van der Waals surface area contributed by atoms with Crippen molar-refractivity contribution in [2.24, 2.45) is 5.92 Å². The molecule has 2 atom stereocenters. The number of alkyl halides is 3. The van der Waals surface area contributed by atoms with Crippen molar-refractivity contribution >= 4 is 5.91 Å². The minimum absolute atomic E-state index is 0.209. The lowest BCUT2D eigenvalue weighted by molar-refractivity contribution is -0.137. The van der Waals surface area contributed by atoms with Crippen molar-refractivity contribution in [3.8, 4) is 0 Å². The number of aliphatic hydroxyl groups is 1. The minimum Gasteiger partial charge on any atom is -0.393 e. The molecule has 1 fully saturated rings. The summed E-state index contributed by atoms with van der Waals surface area (Å²) in [7, 11) is 0. The highest BCUT2D eigenvalue weighted by atomic mass is 19.4. The molecule has 7 heteroatoms. The van der Waals surface area contributed by atoms with Gasteiger partial charge >= 0.3 is 6.18 Å². The number of hydrogen-bond donors (Lipinski definition) is 2. The number of amides is 1. The second-order valence-corrected chi connectivity index (χ2v) is 5.54. The number of carbonyl (C=O) groups excluding carboxylic acids is 1. The van der Waals surface area contributed by atoms with E-state index in [1.165, 1.54) is 0 Å². The number of halogens is 4. The Hall–Kier alpha value is -1.63. The van der Waals surface area contributed by atoms with Crippen LogP contribution in [0.2, 0.25) is 0 Å². The predicted molar refractivity (Wildman–Crippen MR) is 71.2 cm³/mol. The van der Waals surface area contributed by atoms with E-state index in [0.717, 1.165) is 12.5 Å². The van der Waals surface area contributed by atoms with E-state index in [9.17, 15) is 27.5 Å². The van der Waals surface area contributed by atoms with Crippen molar-refractivity contribution in [1.82, 2.24) is 5.32 Å². The van der Waals surface area contributed by atoms with Crippen LogP contribution in [-0.4, -0.2) is 17.1 Å². The normalized spacial score (nSPS) is 22.4. The van der Waals surface area contributed by atoms with Gasteiger partial charge in [-0.3, -0.25) is 4.79 Å². The first kappa shape index (κ1) is 16.7. The third-order valence-electron chi connectivity index (χ3n) is 3.84. The summed E-state index contributed by atoms with van der Waals surface area (Å²) in [6.07, 6.45) is -2.77. The van der Waals surface area contributed by atoms with Crippen molar-refractivity contribution in [2.45, 2.75) is 44.5 Å². The Bertz CT molecular complexity index is 545.